The van der Waals surface area contributed by atoms with E-state index < -0.39 is 17.6 Å². The first-order chi connectivity index (χ1) is 11.7. The van der Waals surface area contributed by atoms with E-state index in [9.17, 15) is 14.7 Å². The van der Waals surface area contributed by atoms with Crippen LogP contribution in [0, 0.1) is 0 Å². The Bertz CT molecular complexity index is 607. The minimum Gasteiger partial charge on any atom is -0.480 e. The number of aliphatic carboxylic acids is 1. The first kappa shape index (κ1) is 19.5. The minimum absolute atomic E-state index is 0.348. The Morgan fingerprint density at radius 2 is 1.72 bits per heavy atom. The average Bonchev–Trinajstić information content (AvgIpc) is 2.52. The quantitative estimate of drug-likeness (QED) is 0.848. The maximum Gasteiger partial charge on any atom is 0.410 e. The lowest BCUT2D eigenvalue weighted by atomic mass is 10.1. The topological polar surface area (TPSA) is 82.1 Å². The van der Waals surface area contributed by atoms with Crippen LogP contribution in [0.1, 0.15) is 32.4 Å². The van der Waals surface area contributed by atoms with E-state index in [2.05, 4.69) is 5.43 Å². The van der Waals surface area contributed by atoms with E-state index in [4.69, 9.17) is 16.3 Å². The maximum absolute atomic E-state index is 12.1. The third kappa shape index (κ3) is 5.88. The van der Waals surface area contributed by atoms with Gasteiger partial charge in [-0.15, -0.1) is 0 Å². The van der Waals surface area contributed by atoms with Crippen molar-refractivity contribution in [3.63, 3.8) is 0 Å². The van der Waals surface area contributed by atoms with Crippen molar-refractivity contribution in [1.82, 2.24) is 15.3 Å². The third-order valence-electron chi connectivity index (χ3n) is 3.69. The Balaban J connectivity index is 1.92. The molecule has 1 aliphatic heterocycles. The summed E-state index contributed by atoms with van der Waals surface area (Å²) in [7, 11) is 0. The van der Waals surface area contributed by atoms with E-state index in [1.165, 1.54) is 0 Å². The molecule has 1 aromatic carbocycles. The van der Waals surface area contributed by atoms with Crippen molar-refractivity contribution < 1.29 is 19.4 Å². The van der Waals surface area contributed by atoms with Crippen LogP contribution in [0.15, 0.2) is 24.3 Å². The fourth-order valence-electron chi connectivity index (χ4n) is 2.45. The number of benzene rings is 1. The first-order valence-electron chi connectivity index (χ1n) is 8.13. The number of carbonyl (C=O) groups is 2. The van der Waals surface area contributed by atoms with Gasteiger partial charge in [-0.3, -0.25) is 4.79 Å². The van der Waals surface area contributed by atoms with Gasteiger partial charge in [0.2, 0.25) is 0 Å². The molecule has 138 valence electrons. The zero-order valence-electron chi connectivity index (χ0n) is 14.7. The number of hydrazine groups is 1. The number of ether oxygens (including phenoxy) is 1. The van der Waals surface area contributed by atoms with Crippen LogP contribution in [-0.4, -0.2) is 58.9 Å². The molecule has 1 unspecified atom stereocenters. The Morgan fingerprint density at radius 1 is 1.16 bits per heavy atom. The zero-order chi connectivity index (χ0) is 18.6. The summed E-state index contributed by atoms with van der Waals surface area (Å²) in [6.07, 6.45) is -0.348. The Labute approximate surface area is 152 Å². The van der Waals surface area contributed by atoms with Crippen molar-refractivity contribution in [2.75, 3.05) is 26.2 Å². The van der Waals surface area contributed by atoms with Crippen molar-refractivity contribution in [2.24, 2.45) is 0 Å². The number of halogens is 1. The second kappa shape index (κ2) is 8.03. The zero-order valence-corrected chi connectivity index (χ0v) is 15.4. The van der Waals surface area contributed by atoms with Gasteiger partial charge in [-0.05, 0) is 38.5 Å². The molecule has 1 amide bonds. The van der Waals surface area contributed by atoms with Gasteiger partial charge in [-0.1, -0.05) is 23.7 Å². The van der Waals surface area contributed by atoms with Gasteiger partial charge in [0.1, 0.15) is 11.6 Å². The molecular formula is C17H24ClN3O4. The molecule has 0 bridgehead atoms. The third-order valence-corrected chi connectivity index (χ3v) is 3.95. The molecule has 2 N–H and O–H groups in total. The number of nitrogens with one attached hydrogen (secondary N) is 1. The second-order valence-corrected chi connectivity index (χ2v) is 7.34. The first-order valence-corrected chi connectivity index (χ1v) is 8.51. The number of piperazine rings is 1. The number of hydrogen-bond acceptors (Lipinski definition) is 5. The highest BCUT2D eigenvalue weighted by Crippen LogP contribution is 2.18. The van der Waals surface area contributed by atoms with Crippen LogP contribution < -0.4 is 5.43 Å². The largest absolute Gasteiger partial charge is 0.480 e. The maximum atomic E-state index is 12.1. The summed E-state index contributed by atoms with van der Waals surface area (Å²) in [5, 5.41) is 11.9. The smallest absolute Gasteiger partial charge is 0.410 e. The van der Waals surface area contributed by atoms with Gasteiger partial charge in [0.15, 0.2) is 0 Å². The van der Waals surface area contributed by atoms with E-state index in [1.807, 2.05) is 25.8 Å². The van der Waals surface area contributed by atoms with Crippen molar-refractivity contribution in [3.8, 4) is 0 Å². The van der Waals surface area contributed by atoms with Crippen molar-refractivity contribution in [3.05, 3.63) is 34.9 Å². The summed E-state index contributed by atoms with van der Waals surface area (Å²) in [6, 6.07) is 5.82. The van der Waals surface area contributed by atoms with Crippen LogP contribution in [0.2, 0.25) is 5.02 Å². The fourth-order valence-corrected chi connectivity index (χ4v) is 2.58. The molecule has 1 atom stereocenters. The van der Waals surface area contributed by atoms with E-state index in [0.717, 1.165) is 0 Å². The molecule has 1 aliphatic rings. The van der Waals surface area contributed by atoms with Crippen LogP contribution >= 0.6 is 11.6 Å². The fraction of sp³-hybridized carbons (Fsp3) is 0.529. The number of nitrogens with zero attached hydrogens (tertiary/aromatic N) is 2. The summed E-state index contributed by atoms with van der Waals surface area (Å²) < 4.78 is 5.35. The standard InChI is InChI=1S/C17H24ClN3O4/c1-17(2,3)25-16(24)20-8-10-21(11-9-20)19-14(15(22)23)12-4-6-13(18)7-5-12/h4-7,14,19H,8-11H2,1-3H3,(H,22,23). The van der Waals surface area contributed by atoms with Gasteiger partial charge in [-0.25, -0.2) is 15.2 Å². The number of carbonyl (C=O) groups excluding carboxylic acids is 1. The summed E-state index contributed by atoms with van der Waals surface area (Å²) in [5.74, 6) is -0.975. The molecule has 25 heavy (non-hydrogen) atoms. The highest BCUT2D eigenvalue weighted by atomic mass is 35.5. The molecule has 0 aromatic heterocycles. The predicted octanol–water partition coefficient (Wildman–Crippen LogP) is 2.52. The SMILES string of the molecule is CC(C)(C)OC(=O)N1CCN(NC(C(=O)O)c2ccc(Cl)cc2)CC1. The summed E-state index contributed by atoms with van der Waals surface area (Å²) >= 11 is 5.85. The lowest BCUT2D eigenvalue weighted by Crippen LogP contribution is -2.55. The number of amides is 1. The van der Waals surface area contributed by atoms with E-state index in [1.54, 1.807) is 29.2 Å². The average molecular weight is 370 g/mol. The number of carboxylic acids is 1. The molecule has 1 aromatic rings. The molecule has 2 rings (SSSR count). The minimum atomic E-state index is -0.975. The van der Waals surface area contributed by atoms with Crippen LogP contribution in [-0.2, 0) is 9.53 Å². The van der Waals surface area contributed by atoms with E-state index in [-0.39, 0.29) is 6.09 Å². The second-order valence-electron chi connectivity index (χ2n) is 6.91. The summed E-state index contributed by atoms with van der Waals surface area (Å²) in [5.41, 5.74) is 3.10. The van der Waals surface area contributed by atoms with Crippen molar-refractivity contribution in [1.29, 1.82) is 0 Å². The molecule has 0 aliphatic carbocycles. The summed E-state index contributed by atoms with van der Waals surface area (Å²) in [6.45, 7) is 7.43. The number of hydrogen-bond donors (Lipinski definition) is 2. The molecule has 1 saturated heterocycles. The number of carboxylic acid groups (broad SMARTS) is 1. The molecule has 7 nitrogen and oxygen atoms in total. The highest BCUT2D eigenvalue weighted by Gasteiger charge is 2.28. The Morgan fingerprint density at radius 3 is 2.20 bits per heavy atom. The van der Waals surface area contributed by atoms with Gasteiger partial charge in [0.25, 0.3) is 0 Å². The highest BCUT2D eigenvalue weighted by molar-refractivity contribution is 6.30. The molecule has 1 fully saturated rings. The van der Waals surface area contributed by atoms with Crippen LogP contribution in [0.3, 0.4) is 0 Å². The van der Waals surface area contributed by atoms with Gasteiger partial charge < -0.3 is 14.7 Å². The van der Waals surface area contributed by atoms with Gasteiger partial charge in [-0.2, -0.15) is 0 Å². The molecule has 0 saturated carbocycles. The van der Waals surface area contributed by atoms with Gasteiger partial charge >= 0.3 is 12.1 Å². The van der Waals surface area contributed by atoms with E-state index in [0.29, 0.717) is 36.8 Å². The Hall–Kier alpha value is -1.83. The van der Waals surface area contributed by atoms with Crippen molar-refractivity contribution >= 4 is 23.7 Å². The Kier molecular flexibility index (Phi) is 6.26. The molecule has 8 heteroatoms. The van der Waals surface area contributed by atoms with Crippen LogP contribution in [0.4, 0.5) is 4.79 Å². The van der Waals surface area contributed by atoms with Crippen LogP contribution in [0.25, 0.3) is 0 Å². The molecule has 0 radical (unpaired) electrons. The lowest BCUT2D eigenvalue weighted by molar-refractivity contribution is -0.141. The van der Waals surface area contributed by atoms with Gasteiger partial charge in [0, 0.05) is 31.2 Å². The molecular weight excluding hydrogens is 346 g/mol. The monoisotopic (exact) mass is 369 g/mol. The lowest BCUT2D eigenvalue weighted by Gasteiger charge is -2.36. The van der Waals surface area contributed by atoms with Crippen LogP contribution in [0.5, 0.6) is 0 Å². The molecule has 0 spiro atoms. The van der Waals surface area contributed by atoms with Crippen molar-refractivity contribution in [2.45, 2.75) is 32.4 Å². The number of rotatable bonds is 4. The molecule has 1 heterocycles. The normalized spacial score (nSPS) is 17.2. The van der Waals surface area contributed by atoms with E-state index >= 15 is 0 Å². The van der Waals surface area contributed by atoms with Gasteiger partial charge in [0.05, 0.1) is 0 Å². The predicted molar refractivity (Wildman–Crippen MR) is 94.3 cm³/mol. The summed E-state index contributed by atoms with van der Waals surface area (Å²) in [4.78, 5) is 25.3.